The minimum Gasteiger partial charge on any atom is -0.456 e. The molecule has 0 bridgehead atoms. The van der Waals surface area contributed by atoms with Crippen molar-refractivity contribution >= 4 is 42.5 Å². The average molecular weight is 507 g/mol. The predicted octanol–water partition coefficient (Wildman–Crippen LogP) is 8.87. The zero-order valence-corrected chi connectivity index (χ0v) is 20.8. The van der Waals surface area contributed by atoms with Gasteiger partial charge in [-0.1, -0.05) is 78.9 Å². The number of hydrogen-bond donors (Lipinski definition) is 0. The van der Waals surface area contributed by atoms with Gasteiger partial charge in [-0.3, -0.25) is 0 Å². The molecule has 7 aromatic rings. The van der Waals surface area contributed by atoms with E-state index in [4.69, 9.17) is 4.42 Å². The molecule has 0 fully saturated rings. The third-order valence-electron chi connectivity index (χ3n) is 8.16. The van der Waals surface area contributed by atoms with E-state index in [1.165, 1.54) is 27.5 Å². The van der Waals surface area contributed by atoms with E-state index in [9.17, 15) is 8.42 Å². The van der Waals surface area contributed by atoms with Gasteiger partial charge in [-0.05, 0) is 68.9 Å². The fourth-order valence-electron chi connectivity index (χ4n) is 6.61. The first-order valence-corrected chi connectivity index (χ1v) is 14.1. The molecule has 178 valence electrons. The summed E-state index contributed by atoms with van der Waals surface area (Å²) < 4.78 is 33.1. The van der Waals surface area contributed by atoms with Gasteiger partial charge in [0, 0.05) is 27.5 Å². The van der Waals surface area contributed by atoms with Gasteiger partial charge in [-0.2, -0.15) is 0 Å². The van der Waals surface area contributed by atoms with Crippen molar-refractivity contribution in [3.63, 3.8) is 0 Å². The SMILES string of the molecule is O=S1(=O)c2ccccc2-c2cc(-c3c4c(cc5oc6ccccc6c35)-c3cccc5cccc-4c35)ccc21. The Morgan fingerprint density at radius 3 is 2.13 bits per heavy atom. The van der Waals surface area contributed by atoms with E-state index in [1.807, 2.05) is 36.4 Å². The van der Waals surface area contributed by atoms with E-state index in [1.54, 1.807) is 18.2 Å². The summed E-state index contributed by atoms with van der Waals surface area (Å²) in [6, 6.07) is 36.3. The Morgan fingerprint density at radius 1 is 0.500 bits per heavy atom. The Hall–Kier alpha value is -4.67. The third kappa shape index (κ3) is 2.37. The summed E-state index contributed by atoms with van der Waals surface area (Å²) in [6.07, 6.45) is 0. The van der Waals surface area contributed by atoms with Crippen LogP contribution < -0.4 is 0 Å². The van der Waals surface area contributed by atoms with Crippen molar-refractivity contribution in [1.82, 2.24) is 0 Å². The van der Waals surface area contributed by atoms with Crippen molar-refractivity contribution in [3.8, 4) is 44.5 Å². The van der Waals surface area contributed by atoms with E-state index < -0.39 is 9.84 Å². The second kappa shape index (κ2) is 6.80. The molecular weight excluding hydrogens is 488 g/mol. The molecule has 0 amide bonds. The van der Waals surface area contributed by atoms with Crippen LogP contribution in [0.2, 0.25) is 0 Å². The van der Waals surface area contributed by atoms with Crippen molar-refractivity contribution in [1.29, 1.82) is 0 Å². The van der Waals surface area contributed by atoms with Crippen LogP contribution in [0.25, 0.3) is 77.2 Å². The number of rotatable bonds is 1. The van der Waals surface area contributed by atoms with Crippen LogP contribution in [0.5, 0.6) is 0 Å². The molecule has 1 aliphatic heterocycles. The lowest BCUT2D eigenvalue weighted by Gasteiger charge is -2.14. The lowest BCUT2D eigenvalue weighted by atomic mass is 9.88. The van der Waals surface area contributed by atoms with Gasteiger partial charge in [0.25, 0.3) is 0 Å². The molecule has 0 spiro atoms. The fourth-order valence-corrected chi connectivity index (χ4v) is 8.28. The molecule has 9 rings (SSSR count). The Morgan fingerprint density at radius 2 is 1.24 bits per heavy atom. The summed E-state index contributed by atoms with van der Waals surface area (Å²) in [6.45, 7) is 0. The van der Waals surface area contributed by atoms with Crippen molar-refractivity contribution in [2.45, 2.75) is 9.79 Å². The summed E-state index contributed by atoms with van der Waals surface area (Å²) in [4.78, 5) is 0.746. The monoisotopic (exact) mass is 506 g/mol. The van der Waals surface area contributed by atoms with E-state index in [0.29, 0.717) is 9.79 Å². The second-order valence-corrected chi connectivity index (χ2v) is 12.0. The molecule has 0 saturated carbocycles. The highest BCUT2D eigenvalue weighted by Crippen LogP contribution is 2.55. The van der Waals surface area contributed by atoms with Crippen LogP contribution in [0.4, 0.5) is 0 Å². The lowest BCUT2D eigenvalue weighted by Crippen LogP contribution is -1.96. The van der Waals surface area contributed by atoms with Crippen LogP contribution in [-0.4, -0.2) is 8.42 Å². The number of furan rings is 1. The zero-order valence-electron chi connectivity index (χ0n) is 20.0. The summed E-state index contributed by atoms with van der Waals surface area (Å²) in [5, 5.41) is 4.56. The highest BCUT2D eigenvalue weighted by molar-refractivity contribution is 7.92. The second-order valence-electron chi connectivity index (χ2n) is 10.1. The molecule has 6 aromatic carbocycles. The molecule has 38 heavy (non-hydrogen) atoms. The van der Waals surface area contributed by atoms with Gasteiger partial charge >= 0.3 is 0 Å². The maximum atomic E-state index is 13.3. The van der Waals surface area contributed by atoms with Crippen LogP contribution in [0.1, 0.15) is 0 Å². The summed E-state index contributed by atoms with van der Waals surface area (Å²) in [7, 11) is -3.54. The average Bonchev–Trinajstić information content (AvgIpc) is 3.55. The van der Waals surface area contributed by atoms with E-state index in [-0.39, 0.29) is 0 Å². The Balaban J connectivity index is 1.47. The van der Waals surface area contributed by atoms with Crippen LogP contribution in [-0.2, 0) is 9.84 Å². The van der Waals surface area contributed by atoms with E-state index in [0.717, 1.165) is 49.8 Å². The maximum absolute atomic E-state index is 13.3. The first kappa shape index (κ1) is 20.4. The lowest BCUT2D eigenvalue weighted by molar-refractivity contribution is 0.598. The van der Waals surface area contributed by atoms with Crippen molar-refractivity contribution in [2.75, 3.05) is 0 Å². The first-order chi connectivity index (χ1) is 18.6. The third-order valence-corrected chi connectivity index (χ3v) is 10.0. The van der Waals surface area contributed by atoms with E-state index >= 15 is 0 Å². The number of para-hydroxylation sites is 1. The van der Waals surface area contributed by atoms with Crippen LogP contribution >= 0.6 is 0 Å². The van der Waals surface area contributed by atoms with E-state index in [2.05, 4.69) is 54.6 Å². The topological polar surface area (TPSA) is 47.3 Å². The van der Waals surface area contributed by atoms with Gasteiger partial charge in [0.1, 0.15) is 11.2 Å². The molecule has 3 nitrogen and oxygen atoms in total. The maximum Gasteiger partial charge on any atom is 0.207 e. The quantitative estimate of drug-likeness (QED) is 0.223. The van der Waals surface area contributed by atoms with Crippen molar-refractivity contribution < 1.29 is 12.8 Å². The summed E-state index contributed by atoms with van der Waals surface area (Å²) in [5.74, 6) is 0. The van der Waals surface area contributed by atoms with Crippen LogP contribution in [0.3, 0.4) is 0 Å². The van der Waals surface area contributed by atoms with Crippen LogP contribution in [0, 0.1) is 0 Å². The minimum atomic E-state index is -3.54. The normalized spacial score (nSPS) is 14.2. The number of sulfone groups is 1. The van der Waals surface area contributed by atoms with Gasteiger partial charge in [-0.15, -0.1) is 0 Å². The number of benzene rings is 6. The highest BCUT2D eigenvalue weighted by Gasteiger charge is 2.34. The largest absolute Gasteiger partial charge is 0.456 e. The Bertz CT molecular complexity index is 2300. The summed E-state index contributed by atoms with van der Waals surface area (Å²) in [5.41, 5.74) is 9.96. The Labute approximate surface area is 218 Å². The molecule has 0 saturated heterocycles. The molecule has 2 heterocycles. The zero-order chi connectivity index (χ0) is 25.2. The molecule has 4 heteroatoms. The van der Waals surface area contributed by atoms with Crippen molar-refractivity contribution in [3.05, 3.63) is 109 Å². The minimum absolute atomic E-state index is 0.369. The number of fused-ring (bicyclic) bond motifs is 9. The first-order valence-electron chi connectivity index (χ1n) is 12.6. The smallest absolute Gasteiger partial charge is 0.207 e. The summed E-state index contributed by atoms with van der Waals surface area (Å²) >= 11 is 0. The Kier molecular flexibility index (Phi) is 3.65. The highest BCUT2D eigenvalue weighted by atomic mass is 32.2. The van der Waals surface area contributed by atoms with Gasteiger partial charge in [0.15, 0.2) is 0 Å². The molecular formula is C34H18O3S. The molecule has 0 N–H and O–H groups in total. The fraction of sp³-hybridized carbons (Fsp3) is 0. The van der Waals surface area contributed by atoms with Gasteiger partial charge in [-0.25, -0.2) is 8.42 Å². The van der Waals surface area contributed by atoms with Crippen molar-refractivity contribution in [2.24, 2.45) is 0 Å². The van der Waals surface area contributed by atoms with Gasteiger partial charge < -0.3 is 4.42 Å². The molecule has 0 radical (unpaired) electrons. The predicted molar refractivity (Wildman–Crippen MR) is 152 cm³/mol. The molecule has 1 aliphatic carbocycles. The van der Waals surface area contributed by atoms with Gasteiger partial charge in [0.05, 0.1) is 9.79 Å². The molecule has 2 aliphatic rings. The number of hydrogen-bond acceptors (Lipinski definition) is 3. The van der Waals surface area contributed by atoms with Gasteiger partial charge in [0.2, 0.25) is 9.84 Å². The molecule has 1 aromatic heterocycles. The molecule has 0 atom stereocenters. The standard InChI is InChI=1S/C34H18O3S/c35-38(36)29-14-4-2-9-21(29)25-17-20(15-16-30(25)38)32-33-24-12-6-8-19-7-5-11-22(31(19)24)26(33)18-28-34(32)23-10-1-3-13-27(23)37-28/h1-18H. The molecule has 0 unspecified atom stereocenters. The van der Waals surface area contributed by atoms with Crippen LogP contribution in [0.15, 0.2) is 123 Å².